The van der Waals surface area contributed by atoms with Crippen molar-refractivity contribution < 1.29 is 4.79 Å². The van der Waals surface area contributed by atoms with Crippen molar-refractivity contribution in [1.82, 2.24) is 9.47 Å². The lowest BCUT2D eigenvalue weighted by Gasteiger charge is -2.33. The Morgan fingerprint density at radius 1 is 1.43 bits per heavy atom. The molecule has 1 fully saturated rings. The van der Waals surface area contributed by atoms with E-state index in [1.807, 2.05) is 0 Å². The number of hydrogen-bond acceptors (Lipinski definition) is 2. The van der Waals surface area contributed by atoms with E-state index in [0.717, 1.165) is 32.2 Å². The molecule has 1 aliphatic heterocycles. The maximum Gasteiger partial charge on any atom is 0.227 e. The number of carbonyl (C=O) groups excluding carboxylic acids is 1. The first kappa shape index (κ1) is 16.1. The normalized spacial score (nSPS) is 21.1. The topological polar surface area (TPSA) is 51.3 Å². The van der Waals surface area contributed by atoms with Gasteiger partial charge in [-0.2, -0.15) is 0 Å². The highest BCUT2D eigenvalue weighted by molar-refractivity contribution is 5.79. The zero-order chi connectivity index (χ0) is 15.2. The van der Waals surface area contributed by atoms with Crippen LogP contribution in [0.25, 0.3) is 0 Å². The van der Waals surface area contributed by atoms with E-state index in [-0.39, 0.29) is 17.9 Å². The first-order valence-electron chi connectivity index (χ1n) is 8.30. The standard InChI is InChI=1S/C17H29N3O/c1-3-8-14(13-18)17(21)20-12-6-4-5-9-16(20)15-10-7-11-19(15)2/h7,10-11,14,16H,3-6,8-9,12-13,18H2,1-2H3. The van der Waals surface area contributed by atoms with Gasteiger partial charge in [0.25, 0.3) is 0 Å². The molecular weight excluding hydrogens is 262 g/mol. The number of nitrogens with zero attached hydrogens (tertiary/aromatic N) is 2. The second-order valence-electron chi connectivity index (χ2n) is 6.16. The van der Waals surface area contributed by atoms with Crippen LogP contribution in [-0.4, -0.2) is 28.5 Å². The fourth-order valence-corrected chi connectivity index (χ4v) is 3.43. The van der Waals surface area contributed by atoms with Gasteiger partial charge < -0.3 is 15.2 Å². The Kier molecular flexibility index (Phi) is 5.85. The summed E-state index contributed by atoms with van der Waals surface area (Å²) >= 11 is 0. The summed E-state index contributed by atoms with van der Waals surface area (Å²) in [5, 5.41) is 0. The fourth-order valence-electron chi connectivity index (χ4n) is 3.43. The molecule has 2 N–H and O–H groups in total. The SMILES string of the molecule is CCCC(CN)C(=O)N1CCCCCC1c1cccn1C. The molecule has 2 atom stereocenters. The van der Waals surface area contributed by atoms with Crippen LogP contribution < -0.4 is 5.73 Å². The number of aryl methyl sites for hydroxylation is 1. The van der Waals surface area contributed by atoms with E-state index < -0.39 is 0 Å². The molecule has 1 aromatic heterocycles. The Morgan fingerprint density at radius 3 is 2.86 bits per heavy atom. The number of rotatable bonds is 5. The molecule has 4 nitrogen and oxygen atoms in total. The van der Waals surface area contributed by atoms with E-state index in [1.54, 1.807) is 0 Å². The predicted octanol–water partition coefficient (Wildman–Crippen LogP) is 2.84. The number of aromatic nitrogens is 1. The molecular formula is C17H29N3O. The minimum absolute atomic E-state index is 0.0177. The first-order chi connectivity index (χ1) is 10.2. The third-order valence-electron chi connectivity index (χ3n) is 4.63. The molecule has 2 rings (SSSR count). The van der Waals surface area contributed by atoms with Crippen molar-refractivity contribution in [3.8, 4) is 0 Å². The predicted molar refractivity (Wildman–Crippen MR) is 85.8 cm³/mol. The Labute approximate surface area is 128 Å². The minimum Gasteiger partial charge on any atom is -0.353 e. The van der Waals surface area contributed by atoms with Crippen LogP contribution in [0.15, 0.2) is 18.3 Å². The van der Waals surface area contributed by atoms with Crippen molar-refractivity contribution in [3.05, 3.63) is 24.0 Å². The maximum atomic E-state index is 12.9. The van der Waals surface area contributed by atoms with E-state index in [1.165, 1.54) is 18.5 Å². The second-order valence-corrected chi connectivity index (χ2v) is 6.16. The van der Waals surface area contributed by atoms with Gasteiger partial charge in [0, 0.05) is 32.0 Å². The van der Waals surface area contributed by atoms with E-state index in [0.29, 0.717) is 6.54 Å². The van der Waals surface area contributed by atoms with Gasteiger partial charge in [0.2, 0.25) is 5.91 Å². The van der Waals surface area contributed by atoms with Crippen LogP contribution in [0.4, 0.5) is 0 Å². The Hall–Kier alpha value is -1.29. The average Bonchev–Trinajstić information content (AvgIpc) is 2.76. The van der Waals surface area contributed by atoms with E-state index in [2.05, 4.69) is 41.8 Å². The molecule has 0 radical (unpaired) electrons. The maximum absolute atomic E-state index is 12.9. The molecule has 4 heteroatoms. The number of likely N-dealkylation sites (tertiary alicyclic amines) is 1. The van der Waals surface area contributed by atoms with Crippen molar-refractivity contribution in [3.63, 3.8) is 0 Å². The smallest absolute Gasteiger partial charge is 0.227 e. The fraction of sp³-hybridized carbons (Fsp3) is 0.706. The highest BCUT2D eigenvalue weighted by Crippen LogP contribution is 2.31. The molecule has 0 saturated carbocycles. The molecule has 21 heavy (non-hydrogen) atoms. The summed E-state index contributed by atoms with van der Waals surface area (Å²) in [6, 6.07) is 4.42. The molecule has 0 spiro atoms. The molecule has 0 aromatic carbocycles. The number of hydrogen-bond donors (Lipinski definition) is 1. The van der Waals surface area contributed by atoms with Gasteiger partial charge >= 0.3 is 0 Å². The van der Waals surface area contributed by atoms with Crippen LogP contribution in [-0.2, 0) is 11.8 Å². The summed E-state index contributed by atoms with van der Waals surface area (Å²) in [6.07, 6.45) is 8.55. The Balaban J connectivity index is 2.23. The van der Waals surface area contributed by atoms with Crippen LogP contribution in [0.1, 0.15) is 57.2 Å². The third kappa shape index (κ3) is 3.67. The van der Waals surface area contributed by atoms with E-state index in [9.17, 15) is 4.79 Å². The molecule has 0 bridgehead atoms. The summed E-state index contributed by atoms with van der Waals surface area (Å²) in [5.74, 6) is 0.239. The number of nitrogens with two attached hydrogens (primary N) is 1. The van der Waals surface area contributed by atoms with Gasteiger partial charge in [0.15, 0.2) is 0 Å². The largest absolute Gasteiger partial charge is 0.353 e. The minimum atomic E-state index is -0.0177. The van der Waals surface area contributed by atoms with Crippen molar-refractivity contribution >= 4 is 5.91 Å². The van der Waals surface area contributed by atoms with Crippen LogP contribution in [0.3, 0.4) is 0 Å². The monoisotopic (exact) mass is 291 g/mol. The molecule has 118 valence electrons. The lowest BCUT2D eigenvalue weighted by molar-refractivity contribution is -0.138. The average molecular weight is 291 g/mol. The molecule has 0 aliphatic carbocycles. The van der Waals surface area contributed by atoms with Crippen molar-refractivity contribution in [2.45, 2.75) is 51.5 Å². The highest BCUT2D eigenvalue weighted by atomic mass is 16.2. The van der Waals surface area contributed by atoms with E-state index >= 15 is 0 Å². The molecule has 2 unspecified atom stereocenters. The van der Waals surface area contributed by atoms with Crippen molar-refractivity contribution in [2.75, 3.05) is 13.1 Å². The zero-order valence-electron chi connectivity index (χ0n) is 13.4. The molecule has 1 aromatic rings. The number of amides is 1. The van der Waals surface area contributed by atoms with Crippen LogP contribution >= 0.6 is 0 Å². The first-order valence-corrected chi connectivity index (χ1v) is 8.30. The van der Waals surface area contributed by atoms with Gasteiger partial charge in [-0.25, -0.2) is 0 Å². The molecule has 1 aliphatic rings. The number of carbonyl (C=O) groups is 1. The van der Waals surface area contributed by atoms with Gasteiger partial charge in [-0.1, -0.05) is 26.2 Å². The molecule has 1 amide bonds. The highest BCUT2D eigenvalue weighted by Gasteiger charge is 2.31. The van der Waals surface area contributed by atoms with Gasteiger partial charge in [-0.05, 0) is 31.4 Å². The summed E-state index contributed by atoms with van der Waals surface area (Å²) in [7, 11) is 2.06. The third-order valence-corrected chi connectivity index (χ3v) is 4.63. The van der Waals surface area contributed by atoms with Crippen molar-refractivity contribution in [2.24, 2.45) is 18.7 Å². The van der Waals surface area contributed by atoms with Gasteiger partial charge in [0.05, 0.1) is 12.0 Å². The zero-order valence-corrected chi connectivity index (χ0v) is 13.4. The molecule has 1 saturated heterocycles. The van der Waals surface area contributed by atoms with Crippen LogP contribution in [0, 0.1) is 5.92 Å². The van der Waals surface area contributed by atoms with Gasteiger partial charge in [0.1, 0.15) is 0 Å². The van der Waals surface area contributed by atoms with E-state index in [4.69, 9.17) is 5.73 Å². The second kappa shape index (κ2) is 7.64. The van der Waals surface area contributed by atoms with Gasteiger partial charge in [-0.15, -0.1) is 0 Å². The Morgan fingerprint density at radius 2 is 2.24 bits per heavy atom. The quantitative estimate of drug-likeness (QED) is 0.907. The summed E-state index contributed by atoms with van der Waals surface area (Å²) < 4.78 is 2.15. The lowest BCUT2D eigenvalue weighted by atomic mass is 9.99. The lowest BCUT2D eigenvalue weighted by Crippen LogP contribution is -2.41. The molecule has 2 heterocycles. The van der Waals surface area contributed by atoms with Crippen LogP contribution in [0.2, 0.25) is 0 Å². The van der Waals surface area contributed by atoms with Crippen LogP contribution in [0.5, 0.6) is 0 Å². The Bertz CT molecular complexity index is 455. The summed E-state index contributed by atoms with van der Waals surface area (Å²) in [5.41, 5.74) is 7.09. The summed E-state index contributed by atoms with van der Waals surface area (Å²) in [4.78, 5) is 15.0. The van der Waals surface area contributed by atoms with Gasteiger partial charge in [-0.3, -0.25) is 4.79 Å². The summed E-state index contributed by atoms with van der Waals surface area (Å²) in [6.45, 7) is 3.45. The van der Waals surface area contributed by atoms with Crippen molar-refractivity contribution in [1.29, 1.82) is 0 Å².